The molecule has 0 radical (unpaired) electrons. The second kappa shape index (κ2) is 9.56. The van der Waals surface area contributed by atoms with Crippen LogP contribution in [0.25, 0.3) is 0 Å². The molecule has 0 fully saturated rings. The molecule has 0 aliphatic carbocycles. The maximum absolute atomic E-state index is 5.08. The van der Waals surface area contributed by atoms with Crippen LogP contribution in [-0.2, 0) is 4.74 Å². The molecule has 0 aliphatic rings. The van der Waals surface area contributed by atoms with Crippen molar-refractivity contribution in [3.63, 3.8) is 0 Å². The number of hydrogen-bond donors (Lipinski definition) is 1. The monoisotopic (exact) mass is 217 g/mol. The molecule has 0 heterocycles. The first-order valence-electron chi connectivity index (χ1n) is 5.17. The minimum Gasteiger partial charge on any atom is -0.383 e. The highest BCUT2D eigenvalue weighted by atomic mass is 32.1. The number of methoxy groups -OCH3 is 1. The molecule has 0 aromatic carbocycles. The third-order valence-electron chi connectivity index (χ3n) is 1.87. The van der Waals surface area contributed by atoms with Crippen molar-refractivity contribution < 1.29 is 4.74 Å². The van der Waals surface area contributed by atoms with Gasteiger partial charge >= 0.3 is 0 Å². The summed E-state index contributed by atoms with van der Waals surface area (Å²) in [6.45, 7) is 8.42. The van der Waals surface area contributed by atoms with Crippen molar-refractivity contribution in [2.24, 2.45) is 5.92 Å². The molecule has 14 heavy (non-hydrogen) atoms. The number of rotatable bonds is 8. The summed E-state index contributed by atoms with van der Waals surface area (Å²) in [5, 5.41) is 0. The van der Waals surface area contributed by atoms with Crippen LogP contribution in [0.5, 0.6) is 0 Å². The molecular weight excluding hydrogens is 194 g/mol. The van der Waals surface area contributed by atoms with E-state index in [1.54, 1.807) is 7.11 Å². The van der Waals surface area contributed by atoms with Gasteiger partial charge in [0.15, 0.2) is 0 Å². The van der Waals surface area contributed by atoms with E-state index in [4.69, 9.17) is 4.74 Å². The van der Waals surface area contributed by atoms with Crippen LogP contribution < -0.4 is 0 Å². The van der Waals surface area contributed by atoms with Gasteiger partial charge in [0, 0.05) is 32.5 Å². The van der Waals surface area contributed by atoms with Crippen molar-refractivity contribution in [3.05, 3.63) is 12.2 Å². The van der Waals surface area contributed by atoms with E-state index < -0.39 is 0 Å². The van der Waals surface area contributed by atoms with Crippen LogP contribution in [0.2, 0.25) is 0 Å². The van der Waals surface area contributed by atoms with E-state index in [9.17, 15) is 0 Å². The number of thiol groups is 1. The predicted molar refractivity (Wildman–Crippen MR) is 66.1 cm³/mol. The zero-order valence-corrected chi connectivity index (χ0v) is 10.5. The van der Waals surface area contributed by atoms with E-state index in [-0.39, 0.29) is 0 Å². The summed E-state index contributed by atoms with van der Waals surface area (Å²) in [7, 11) is 1.75. The Morgan fingerprint density at radius 1 is 1.36 bits per heavy atom. The average molecular weight is 217 g/mol. The average Bonchev–Trinajstić information content (AvgIpc) is 2.13. The van der Waals surface area contributed by atoms with Crippen LogP contribution in [0, 0.1) is 5.92 Å². The van der Waals surface area contributed by atoms with E-state index in [0.29, 0.717) is 5.92 Å². The van der Waals surface area contributed by atoms with Crippen LogP contribution >= 0.6 is 12.6 Å². The molecule has 0 unspecified atom stereocenters. The summed E-state index contributed by atoms with van der Waals surface area (Å²) in [6, 6.07) is 0. The third kappa shape index (κ3) is 8.60. The van der Waals surface area contributed by atoms with Crippen LogP contribution in [0.15, 0.2) is 12.2 Å². The van der Waals surface area contributed by atoms with Gasteiger partial charge in [-0.05, 0) is 5.92 Å². The van der Waals surface area contributed by atoms with Gasteiger partial charge in [0.05, 0.1) is 6.61 Å². The van der Waals surface area contributed by atoms with Crippen molar-refractivity contribution in [2.45, 2.75) is 13.8 Å². The molecule has 0 aliphatic heterocycles. The Balaban J connectivity index is 3.77. The highest BCUT2D eigenvalue weighted by molar-refractivity contribution is 7.80. The lowest BCUT2D eigenvalue weighted by Gasteiger charge is -2.22. The van der Waals surface area contributed by atoms with E-state index in [1.165, 1.54) is 0 Å². The molecule has 0 N–H and O–H groups in total. The van der Waals surface area contributed by atoms with Gasteiger partial charge in [-0.3, -0.25) is 4.90 Å². The fourth-order valence-corrected chi connectivity index (χ4v) is 1.44. The summed E-state index contributed by atoms with van der Waals surface area (Å²) in [4.78, 5) is 2.40. The Morgan fingerprint density at radius 2 is 2.07 bits per heavy atom. The van der Waals surface area contributed by atoms with Gasteiger partial charge in [-0.25, -0.2) is 0 Å². The Hall–Kier alpha value is 0.01000. The van der Waals surface area contributed by atoms with E-state index in [2.05, 4.69) is 43.5 Å². The number of hydrogen-bond acceptors (Lipinski definition) is 3. The van der Waals surface area contributed by atoms with Gasteiger partial charge in [0.1, 0.15) is 0 Å². The molecule has 0 amide bonds. The lowest BCUT2D eigenvalue weighted by Crippen LogP contribution is -2.31. The van der Waals surface area contributed by atoms with Crippen molar-refractivity contribution in [1.29, 1.82) is 0 Å². The molecule has 2 nitrogen and oxygen atoms in total. The SMILES string of the molecule is COCCN(CC=CCS)CC(C)C. The smallest absolute Gasteiger partial charge is 0.0589 e. The minimum atomic E-state index is 0.705. The zero-order chi connectivity index (χ0) is 10.8. The van der Waals surface area contributed by atoms with E-state index in [1.807, 2.05) is 0 Å². The van der Waals surface area contributed by atoms with Crippen LogP contribution in [0.3, 0.4) is 0 Å². The lowest BCUT2D eigenvalue weighted by atomic mass is 10.2. The van der Waals surface area contributed by atoms with Gasteiger partial charge in [0.2, 0.25) is 0 Å². The highest BCUT2D eigenvalue weighted by Crippen LogP contribution is 1.98. The molecule has 0 atom stereocenters. The number of ether oxygens (including phenoxy) is 1. The summed E-state index contributed by atoms with van der Waals surface area (Å²) < 4.78 is 5.08. The standard InChI is InChI=1S/C11H23NOS/c1-11(2)10-12(7-8-13-3)6-4-5-9-14/h4-5,11,14H,6-10H2,1-3H3. The Labute approximate surface area is 93.7 Å². The zero-order valence-electron chi connectivity index (χ0n) is 9.57. The first kappa shape index (κ1) is 14.0. The quantitative estimate of drug-likeness (QED) is 0.494. The second-order valence-electron chi connectivity index (χ2n) is 3.80. The van der Waals surface area contributed by atoms with Crippen molar-refractivity contribution in [1.82, 2.24) is 4.90 Å². The molecule has 84 valence electrons. The van der Waals surface area contributed by atoms with Crippen LogP contribution in [0.4, 0.5) is 0 Å². The molecule has 0 aromatic heterocycles. The van der Waals surface area contributed by atoms with Crippen molar-refractivity contribution in [2.75, 3.05) is 39.1 Å². The van der Waals surface area contributed by atoms with Gasteiger partial charge < -0.3 is 4.74 Å². The van der Waals surface area contributed by atoms with Gasteiger partial charge in [-0.15, -0.1) is 0 Å². The second-order valence-corrected chi connectivity index (χ2v) is 4.17. The van der Waals surface area contributed by atoms with E-state index in [0.717, 1.165) is 32.0 Å². The molecule has 0 bridgehead atoms. The summed E-state index contributed by atoms with van der Waals surface area (Å²) in [5.74, 6) is 1.52. The summed E-state index contributed by atoms with van der Waals surface area (Å²) in [5.41, 5.74) is 0. The van der Waals surface area contributed by atoms with Crippen LogP contribution in [0.1, 0.15) is 13.8 Å². The molecule has 3 heteroatoms. The number of nitrogens with zero attached hydrogens (tertiary/aromatic N) is 1. The normalized spacial score (nSPS) is 12.1. The molecule has 0 saturated heterocycles. The highest BCUT2D eigenvalue weighted by Gasteiger charge is 2.04. The fourth-order valence-electron chi connectivity index (χ4n) is 1.29. The molecule has 0 spiro atoms. The summed E-state index contributed by atoms with van der Waals surface area (Å²) >= 11 is 4.13. The fraction of sp³-hybridized carbons (Fsp3) is 0.818. The maximum atomic E-state index is 5.08. The van der Waals surface area contributed by atoms with Crippen molar-refractivity contribution in [3.8, 4) is 0 Å². The Kier molecular flexibility index (Phi) is 9.57. The summed E-state index contributed by atoms with van der Waals surface area (Å²) in [6.07, 6.45) is 4.26. The predicted octanol–water partition coefficient (Wildman–Crippen LogP) is 2.08. The third-order valence-corrected chi connectivity index (χ3v) is 2.08. The first-order chi connectivity index (χ1) is 6.70. The topological polar surface area (TPSA) is 12.5 Å². The molecule has 0 rings (SSSR count). The Bertz CT molecular complexity index is 148. The molecule has 0 aromatic rings. The lowest BCUT2D eigenvalue weighted by molar-refractivity contribution is 0.147. The van der Waals surface area contributed by atoms with E-state index >= 15 is 0 Å². The van der Waals surface area contributed by atoms with Crippen molar-refractivity contribution >= 4 is 12.6 Å². The molecular formula is C11H23NOS. The van der Waals surface area contributed by atoms with Crippen LogP contribution in [-0.4, -0.2) is 44.0 Å². The largest absolute Gasteiger partial charge is 0.383 e. The van der Waals surface area contributed by atoms with Gasteiger partial charge in [-0.2, -0.15) is 12.6 Å². The maximum Gasteiger partial charge on any atom is 0.0589 e. The molecule has 0 saturated carbocycles. The first-order valence-corrected chi connectivity index (χ1v) is 5.81. The minimum absolute atomic E-state index is 0.705. The van der Waals surface area contributed by atoms with Gasteiger partial charge in [-0.1, -0.05) is 26.0 Å². The van der Waals surface area contributed by atoms with Gasteiger partial charge in [0.25, 0.3) is 0 Å². The Morgan fingerprint density at radius 3 is 2.57 bits per heavy atom.